The van der Waals surface area contributed by atoms with Gasteiger partial charge in [-0.3, -0.25) is 4.79 Å². The van der Waals surface area contributed by atoms with E-state index < -0.39 is 22.2 Å². The summed E-state index contributed by atoms with van der Waals surface area (Å²) in [6, 6.07) is 0. The van der Waals surface area contributed by atoms with E-state index in [-0.39, 0.29) is 5.41 Å². The summed E-state index contributed by atoms with van der Waals surface area (Å²) in [5.41, 5.74) is -0.0556. The second-order valence-corrected chi connectivity index (χ2v) is 23.3. The maximum Gasteiger partial charge on any atom is 0.185 e. The van der Waals surface area contributed by atoms with Crippen LogP contribution in [-0.2, 0) is 13.6 Å². The SMILES string of the molecule is CC(=O)[C@@]1(O[Si](C)(C)C)CC[C@H]2[C@@H]3CC[C@@H]4C[C@H](O[Si](C)(C)C)CC[C@]4(C)[C@H]3CC[C@@]21C. The van der Waals surface area contributed by atoms with Gasteiger partial charge in [0, 0.05) is 11.5 Å². The van der Waals surface area contributed by atoms with Gasteiger partial charge < -0.3 is 8.85 Å². The molecule has 0 N–H and O–H groups in total. The summed E-state index contributed by atoms with van der Waals surface area (Å²) in [7, 11) is -3.30. The van der Waals surface area contributed by atoms with Gasteiger partial charge in [-0.05, 0) is 133 Å². The molecule has 0 heterocycles. The Morgan fingerprint density at radius 3 is 2.06 bits per heavy atom. The Morgan fingerprint density at radius 1 is 0.812 bits per heavy atom. The Balaban J connectivity index is 1.57. The molecule has 0 amide bonds. The van der Waals surface area contributed by atoms with Gasteiger partial charge >= 0.3 is 0 Å². The molecule has 0 aromatic rings. The number of hydrogen-bond donors (Lipinski definition) is 0. The van der Waals surface area contributed by atoms with Crippen molar-refractivity contribution in [2.24, 2.45) is 34.5 Å². The second kappa shape index (κ2) is 8.03. The second-order valence-electron chi connectivity index (χ2n) is 14.4. The fourth-order valence-corrected chi connectivity index (χ4v) is 11.9. The van der Waals surface area contributed by atoms with Gasteiger partial charge in [-0.1, -0.05) is 13.8 Å². The zero-order valence-electron chi connectivity index (χ0n) is 22.5. The molecule has 32 heavy (non-hydrogen) atoms. The van der Waals surface area contributed by atoms with Crippen molar-refractivity contribution < 1.29 is 13.6 Å². The van der Waals surface area contributed by atoms with Crippen LogP contribution in [0.4, 0.5) is 0 Å². The van der Waals surface area contributed by atoms with Crippen molar-refractivity contribution in [2.75, 3.05) is 0 Å². The fraction of sp³-hybridized carbons (Fsp3) is 0.963. The summed E-state index contributed by atoms with van der Waals surface area (Å²) < 4.78 is 13.5. The minimum Gasteiger partial charge on any atom is -0.415 e. The van der Waals surface area contributed by atoms with Crippen molar-refractivity contribution in [1.29, 1.82) is 0 Å². The standard InChI is InChI=1S/C27H50O3Si2/c1-19(28)27(30-32(7,8)9)17-14-24-22-11-10-20-18-21(29-31(4,5)6)12-15-25(20,2)23(22)13-16-26(24,27)3/h20-24H,10-18H2,1-9H3/t20-,21-,22-,23+,24+,25+,26+,27+/m1/s1. The van der Waals surface area contributed by atoms with Gasteiger partial charge in [0.05, 0.1) is 0 Å². The van der Waals surface area contributed by atoms with Gasteiger partial charge in [0.1, 0.15) is 5.60 Å². The van der Waals surface area contributed by atoms with Crippen LogP contribution in [0.1, 0.15) is 78.6 Å². The highest BCUT2D eigenvalue weighted by atomic mass is 28.4. The van der Waals surface area contributed by atoms with Crippen molar-refractivity contribution in [2.45, 2.75) is 130 Å². The molecule has 4 saturated carbocycles. The van der Waals surface area contributed by atoms with Gasteiger partial charge in [-0.15, -0.1) is 0 Å². The van der Waals surface area contributed by atoms with Crippen molar-refractivity contribution in [1.82, 2.24) is 0 Å². The normalized spacial score (nSPS) is 46.8. The van der Waals surface area contributed by atoms with Crippen LogP contribution in [0.15, 0.2) is 0 Å². The van der Waals surface area contributed by atoms with E-state index in [4.69, 9.17) is 8.85 Å². The average molecular weight is 479 g/mol. The third kappa shape index (κ3) is 4.05. The molecule has 0 aromatic heterocycles. The highest BCUT2D eigenvalue weighted by molar-refractivity contribution is 6.70. The summed E-state index contributed by atoms with van der Waals surface area (Å²) in [6.07, 6.45) is 11.7. The van der Waals surface area contributed by atoms with Crippen molar-refractivity contribution >= 4 is 22.4 Å². The predicted molar refractivity (Wildman–Crippen MR) is 138 cm³/mol. The number of hydrogen-bond acceptors (Lipinski definition) is 3. The maximum atomic E-state index is 13.2. The summed E-state index contributed by atoms with van der Waals surface area (Å²) in [4.78, 5) is 13.2. The zero-order chi connectivity index (χ0) is 23.7. The molecule has 4 fully saturated rings. The fourth-order valence-electron chi connectivity index (χ4n) is 9.16. The first kappa shape index (κ1) is 25.1. The number of rotatable bonds is 5. The molecular weight excluding hydrogens is 428 g/mol. The number of Topliss-reactive ketones (excluding diaryl/α,β-unsaturated/α-hetero) is 1. The lowest BCUT2D eigenvalue weighted by Gasteiger charge is -2.62. The molecule has 0 aliphatic heterocycles. The Kier molecular flexibility index (Phi) is 6.30. The molecule has 0 aromatic carbocycles. The van der Waals surface area contributed by atoms with Gasteiger partial charge in [0.2, 0.25) is 0 Å². The molecule has 0 radical (unpaired) electrons. The van der Waals surface area contributed by atoms with Crippen LogP contribution in [-0.4, -0.2) is 34.1 Å². The first-order valence-electron chi connectivity index (χ1n) is 13.5. The van der Waals surface area contributed by atoms with Crippen LogP contribution in [0.3, 0.4) is 0 Å². The molecule has 0 saturated heterocycles. The van der Waals surface area contributed by atoms with Crippen molar-refractivity contribution in [3.8, 4) is 0 Å². The van der Waals surface area contributed by atoms with Crippen LogP contribution in [0.25, 0.3) is 0 Å². The van der Waals surface area contributed by atoms with E-state index in [0.29, 0.717) is 23.2 Å². The average Bonchev–Trinajstić information content (AvgIpc) is 2.93. The first-order chi connectivity index (χ1) is 14.6. The first-order valence-corrected chi connectivity index (χ1v) is 20.3. The van der Waals surface area contributed by atoms with E-state index in [1.54, 1.807) is 0 Å². The monoisotopic (exact) mass is 478 g/mol. The summed E-state index contributed by atoms with van der Waals surface area (Å²) in [6.45, 7) is 20.7. The van der Waals surface area contributed by atoms with E-state index in [9.17, 15) is 4.79 Å². The molecule has 4 aliphatic carbocycles. The number of fused-ring (bicyclic) bond motifs is 5. The molecule has 0 bridgehead atoms. The molecule has 184 valence electrons. The topological polar surface area (TPSA) is 35.5 Å². The molecule has 0 spiro atoms. The molecule has 4 aliphatic rings. The minimum absolute atomic E-state index is 0.0155. The highest BCUT2D eigenvalue weighted by Gasteiger charge is 2.67. The van der Waals surface area contributed by atoms with Crippen molar-refractivity contribution in [3.05, 3.63) is 0 Å². The number of carbonyl (C=O) groups is 1. The lowest BCUT2D eigenvalue weighted by Crippen LogP contribution is -2.61. The largest absolute Gasteiger partial charge is 0.415 e. The Hall–Kier alpha value is 0.0238. The van der Waals surface area contributed by atoms with Crippen LogP contribution < -0.4 is 0 Å². The Morgan fingerprint density at radius 2 is 1.47 bits per heavy atom. The van der Waals surface area contributed by atoms with Crippen LogP contribution in [0.2, 0.25) is 39.3 Å². The van der Waals surface area contributed by atoms with Crippen LogP contribution >= 0.6 is 0 Å². The molecular formula is C27H50O3Si2. The van der Waals surface area contributed by atoms with Crippen molar-refractivity contribution in [3.63, 3.8) is 0 Å². The minimum atomic E-state index is -1.83. The molecule has 4 rings (SSSR count). The van der Waals surface area contributed by atoms with E-state index >= 15 is 0 Å². The Bertz CT molecular complexity index is 740. The molecule has 5 heteroatoms. The smallest absolute Gasteiger partial charge is 0.185 e. The van der Waals surface area contributed by atoms with E-state index in [1.165, 1.54) is 51.4 Å². The molecule has 3 nitrogen and oxygen atoms in total. The summed E-state index contributed by atoms with van der Waals surface area (Å²) in [5.74, 6) is 3.36. The van der Waals surface area contributed by atoms with E-state index in [0.717, 1.165) is 24.2 Å². The van der Waals surface area contributed by atoms with Gasteiger partial charge in [0.25, 0.3) is 0 Å². The van der Waals surface area contributed by atoms with E-state index in [1.807, 2.05) is 6.92 Å². The predicted octanol–water partition coefficient (Wildman–Crippen LogP) is 7.43. The van der Waals surface area contributed by atoms with Gasteiger partial charge in [-0.2, -0.15) is 0 Å². The zero-order valence-corrected chi connectivity index (χ0v) is 24.5. The molecule has 0 unspecified atom stereocenters. The number of carbonyl (C=O) groups excluding carboxylic acids is 1. The van der Waals surface area contributed by atoms with Crippen LogP contribution in [0.5, 0.6) is 0 Å². The Labute approximate surface area is 200 Å². The summed E-state index contributed by atoms with van der Waals surface area (Å²) >= 11 is 0. The number of ketones is 1. The molecule has 8 atom stereocenters. The van der Waals surface area contributed by atoms with Gasteiger partial charge in [-0.25, -0.2) is 0 Å². The van der Waals surface area contributed by atoms with Crippen LogP contribution in [0, 0.1) is 34.5 Å². The quantitative estimate of drug-likeness (QED) is 0.385. The highest BCUT2D eigenvalue weighted by Crippen LogP contribution is 2.69. The lowest BCUT2D eigenvalue weighted by molar-refractivity contribution is -0.166. The van der Waals surface area contributed by atoms with Gasteiger partial charge in [0.15, 0.2) is 22.4 Å². The maximum absolute atomic E-state index is 13.2. The lowest BCUT2D eigenvalue weighted by atomic mass is 9.44. The summed E-state index contributed by atoms with van der Waals surface area (Å²) in [5, 5.41) is 0. The third-order valence-corrected chi connectivity index (χ3v) is 12.3. The third-order valence-electron chi connectivity index (χ3n) is 10.3. The van der Waals surface area contributed by atoms with E-state index in [2.05, 4.69) is 53.1 Å².